The van der Waals surface area contributed by atoms with Gasteiger partial charge in [-0.1, -0.05) is 18.2 Å². The minimum atomic E-state index is -1.00. The average molecular weight is 306 g/mol. The van der Waals surface area contributed by atoms with Crippen LogP contribution in [0.5, 0.6) is 0 Å². The third kappa shape index (κ3) is 3.39. The minimum absolute atomic E-state index is 0.359. The van der Waals surface area contributed by atoms with Gasteiger partial charge in [0.2, 0.25) is 0 Å². The Morgan fingerprint density at radius 3 is 2.71 bits per heavy atom. The van der Waals surface area contributed by atoms with Gasteiger partial charge < -0.3 is 15.0 Å². The third-order valence-electron chi connectivity index (χ3n) is 3.40. The fourth-order valence-electron chi connectivity index (χ4n) is 2.23. The second-order valence-corrected chi connectivity index (χ2v) is 5.78. The van der Waals surface area contributed by atoms with E-state index in [2.05, 4.69) is 5.32 Å². The fraction of sp³-hybridized carbons (Fsp3) is 0.333. The zero-order valence-corrected chi connectivity index (χ0v) is 12.8. The molecule has 21 heavy (non-hydrogen) atoms. The molecule has 0 fully saturated rings. The lowest BCUT2D eigenvalue weighted by atomic mass is 10.2. The summed E-state index contributed by atoms with van der Waals surface area (Å²) in [6.07, 6.45) is 2.32. The molecular formula is C15H18N2O3S. The van der Waals surface area contributed by atoms with E-state index in [0.717, 1.165) is 10.9 Å². The van der Waals surface area contributed by atoms with E-state index in [-0.39, 0.29) is 5.91 Å². The van der Waals surface area contributed by atoms with Crippen LogP contribution in [-0.4, -0.2) is 39.6 Å². The number of para-hydroxylation sites is 1. The maximum atomic E-state index is 12.3. The van der Waals surface area contributed by atoms with Gasteiger partial charge in [-0.3, -0.25) is 4.79 Å². The van der Waals surface area contributed by atoms with Gasteiger partial charge in [0.1, 0.15) is 11.7 Å². The van der Waals surface area contributed by atoms with Gasteiger partial charge in [-0.2, -0.15) is 11.8 Å². The summed E-state index contributed by atoms with van der Waals surface area (Å²) >= 11 is 1.56. The van der Waals surface area contributed by atoms with Gasteiger partial charge in [0, 0.05) is 18.0 Å². The monoisotopic (exact) mass is 306 g/mol. The molecule has 2 rings (SSSR count). The predicted molar refractivity (Wildman–Crippen MR) is 84.8 cm³/mol. The van der Waals surface area contributed by atoms with Gasteiger partial charge in [-0.15, -0.1) is 0 Å². The van der Waals surface area contributed by atoms with Crippen molar-refractivity contribution in [2.24, 2.45) is 7.05 Å². The Labute approximate surface area is 127 Å². The number of hydrogen-bond acceptors (Lipinski definition) is 3. The molecule has 0 bridgehead atoms. The highest BCUT2D eigenvalue weighted by Crippen LogP contribution is 2.18. The molecule has 0 saturated carbocycles. The zero-order chi connectivity index (χ0) is 15.4. The van der Waals surface area contributed by atoms with Crippen molar-refractivity contribution in [3.8, 4) is 0 Å². The van der Waals surface area contributed by atoms with E-state index in [1.165, 1.54) is 0 Å². The summed E-state index contributed by atoms with van der Waals surface area (Å²) in [5.41, 5.74) is 1.41. The molecule has 1 aromatic carbocycles. The number of carboxylic acids is 1. The summed E-state index contributed by atoms with van der Waals surface area (Å²) in [6.45, 7) is 0. The maximum Gasteiger partial charge on any atom is 0.326 e. The lowest BCUT2D eigenvalue weighted by molar-refractivity contribution is -0.139. The highest BCUT2D eigenvalue weighted by Gasteiger charge is 2.22. The Bertz CT molecular complexity index is 666. The number of benzene rings is 1. The lowest BCUT2D eigenvalue weighted by Crippen LogP contribution is -2.41. The predicted octanol–water partition coefficient (Wildman–Crippen LogP) is 2.11. The first-order valence-corrected chi connectivity index (χ1v) is 8.01. The molecule has 0 aliphatic rings. The van der Waals surface area contributed by atoms with Crippen molar-refractivity contribution >= 4 is 34.5 Å². The van der Waals surface area contributed by atoms with Crippen molar-refractivity contribution in [2.45, 2.75) is 12.5 Å². The SMILES string of the molecule is CSCC[C@@H](NC(=O)c1cc2ccccc2n1C)C(=O)O. The van der Waals surface area contributed by atoms with Crippen LogP contribution in [-0.2, 0) is 11.8 Å². The summed E-state index contributed by atoms with van der Waals surface area (Å²) in [7, 11) is 1.80. The van der Waals surface area contributed by atoms with E-state index in [4.69, 9.17) is 0 Å². The number of rotatable bonds is 6. The van der Waals surface area contributed by atoms with Gasteiger partial charge >= 0.3 is 5.97 Å². The van der Waals surface area contributed by atoms with Gasteiger partial charge in [0.05, 0.1) is 0 Å². The number of aromatic nitrogens is 1. The van der Waals surface area contributed by atoms with Crippen LogP contribution in [0.4, 0.5) is 0 Å². The van der Waals surface area contributed by atoms with E-state index in [9.17, 15) is 14.7 Å². The van der Waals surface area contributed by atoms with E-state index in [1.807, 2.05) is 30.5 Å². The molecule has 0 aliphatic carbocycles. The summed E-state index contributed by atoms with van der Waals surface area (Å²) < 4.78 is 1.78. The van der Waals surface area contributed by atoms with E-state index in [0.29, 0.717) is 17.9 Å². The second kappa shape index (κ2) is 6.67. The van der Waals surface area contributed by atoms with Gasteiger partial charge in [0.15, 0.2) is 0 Å². The molecule has 1 aromatic heterocycles. The van der Waals surface area contributed by atoms with Crippen LogP contribution in [0, 0.1) is 0 Å². The number of thioether (sulfide) groups is 1. The van der Waals surface area contributed by atoms with Crippen LogP contribution >= 0.6 is 11.8 Å². The third-order valence-corrected chi connectivity index (χ3v) is 4.04. The van der Waals surface area contributed by atoms with E-state index >= 15 is 0 Å². The van der Waals surface area contributed by atoms with Crippen LogP contribution in [0.2, 0.25) is 0 Å². The molecule has 0 spiro atoms. The first kappa shape index (κ1) is 15.4. The van der Waals surface area contributed by atoms with Crippen molar-refractivity contribution in [2.75, 3.05) is 12.0 Å². The molecule has 6 heteroatoms. The molecule has 2 aromatic rings. The Balaban J connectivity index is 2.21. The van der Waals surface area contributed by atoms with Crippen LogP contribution < -0.4 is 5.32 Å². The number of carboxylic acid groups (broad SMARTS) is 1. The summed E-state index contributed by atoms with van der Waals surface area (Å²) in [5.74, 6) is -0.676. The largest absolute Gasteiger partial charge is 0.480 e. The highest BCUT2D eigenvalue weighted by atomic mass is 32.2. The van der Waals surface area contributed by atoms with Crippen molar-refractivity contribution in [1.29, 1.82) is 0 Å². The molecule has 0 saturated heterocycles. The number of aryl methyl sites for hydroxylation is 1. The second-order valence-electron chi connectivity index (χ2n) is 4.79. The Morgan fingerprint density at radius 1 is 1.38 bits per heavy atom. The summed E-state index contributed by atoms with van der Waals surface area (Å²) in [4.78, 5) is 23.5. The maximum absolute atomic E-state index is 12.3. The number of nitrogens with one attached hydrogen (secondary N) is 1. The lowest BCUT2D eigenvalue weighted by Gasteiger charge is -2.14. The molecule has 0 unspecified atom stereocenters. The number of carbonyl (C=O) groups excluding carboxylic acids is 1. The Hall–Kier alpha value is -1.95. The zero-order valence-electron chi connectivity index (χ0n) is 12.0. The molecule has 0 radical (unpaired) electrons. The van der Waals surface area contributed by atoms with Crippen LogP contribution in [0.3, 0.4) is 0 Å². The number of fused-ring (bicyclic) bond motifs is 1. The van der Waals surface area contributed by atoms with Gasteiger partial charge in [-0.25, -0.2) is 4.79 Å². The Morgan fingerprint density at radius 2 is 2.10 bits per heavy atom. The summed E-state index contributed by atoms with van der Waals surface area (Å²) in [6, 6.07) is 8.58. The first-order valence-electron chi connectivity index (χ1n) is 6.61. The number of aliphatic carboxylic acids is 1. The quantitative estimate of drug-likeness (QED) is 0.857. The fourth-order valence-corrected chi connectivity index (χ4v) is 2.70. The number of amides is 1. The summed E-state index contributed by atoms with van der Waals surface area (Å²) in [5, 5.41) is 12.7. The number of carbonyl (C=O) groups is 2. The van der Waals surface area contributed by atoms with Crippen molar-refractivity contribution in [3.63, 3.8) is 0 Å². The number of nitrogens with zero attached hydrogens (tertiary/aromatic N) is 1. The van der Waals surface area contributed by atoms with Crippen molar-refractivity contribution in [3.05, 3.63) is 36.0 Å². The van der Waals surface area contributed by atoms with Gasteiger partial charge in [0.25, 0.3) is 5.91 Å². The molecule has 112 valence electrons. The average Bonchev–Trinajstić information content (AvgIpc) is 2.81. The highest BCUT2D eigenvalue weighted by molar-refractivity contribution is 7.98. The van der Waals surface area contributed by atoms with Crippen molar-refractivity contribution < 1.29 is 14.7 Å². The van der Waals surface area contributed by atoms with Crippen LogP contribution in [0.1, 0.15) is 16.9 Å². The Kier molecular flexibility index (Phi) is 4.90. The van der Waals surface area contributed by atoms with E-state index in [1.54, 1.807) is 29.4 Å². The van der Waals surface area contributed by atoms with Crippen LogP contribution in [0.15, 0.2) is 30.3 Å². The molecule has 0 aliphatic heterocycles. The van der Waals surface area contributed by atoms with Crippen molar-refractivity contribution in [1.82, 2.24) is 9.88 Å². The molecular weight excluding hydrogens is 288 g/mol. The topological polar surface area (TPSA) is 71.3 Å². The number of hydrogen-bond donors (Lipinski definition) is 2. The molecule has 1 atom stereocenters. The van der Waals surface area contributed by atoms with Crippen LogP contribution in [0.25, 0.3) is 10.9 Å². The van der Waals surface area contributed by atoms with Gasteiger partial charge in [-0.05, 0) is 30.6 Å². The molecule has 1 amide bonds. The smallest absolute Gasteiger partial charge is 0.326 e. The molecule has 5 nitrogen and oxygen atoms in total. The minimum Gasteiger partial charge on any atom is -0.480 e. The molecule has 1 heterocycles. The van der Waals surface area contributed by atoms with E-state index < -0.39 is 12.0 Å². The standard InChI is InChI=1S/C15H18N2O3S/c1-17-12-6-4-3-5-10(12)9-13(17)14(18)16-11(15(19)20)7-8-21-2/h3-6,9,11H,7-8H2,1-2H3,(H,16,18)(H,19,20)/t11-/m1/s1. The normalized spacial score (nSPS) is 12.3. The first-order chi connectivity index (χ1) is 10.0. The molecule has 2 N–H and O–H groups in total.